The van der Waals surface area contributed by atoms with E-state index in [2.05, 4.69) is 31.5 Å². The van der Waals surface area contributed by atoms with Gasteiger partial charge >= 0.3 is 0 Å². The number of ether oxygens (including phenoxy) is 1. The van der Waals surface area contributed by atoms with Gasteiger partial charge in [-0.15, -0.1) is 0 Å². The maximum absolute atomic E-state index is 10.1. The van der Waals surface area contributed by atoms with Gasteiger partial charge in [0.1, 0.15) is 0 Å². The lowest BCUT2D eigenvalue weighted by Crippen LogP contribution is -2.54. The van der Waals surface area contributed by atoms with Crippen LogP contribution in [-0.2, 0) is 11.3 Å². The molecule has 0 unspecified atom stereocenters. The molecule has 0 saturated carbocycles. The van der Waals surface area contributed by atoms with Crippen molar-refractivity contribution in [2.75, 3.05) is 50.0 Å². The SMILES string of the molecule is Nc1ncc(CN2C[C@H]3O[C@]4(C2)CN(C2CCSCC2)C[C@@H]4[C@@H]3CO)cn1. The Morgan fingerprint density at radius 3 is 2.74 bits per heavy atom. The predicted octanol–water partition coefficient (Wildman–Crippen LogP) is 0.448. The third-order valence-electron chi connectivity index (χ3n) is 6.94. The number of likely N-dealkylation sites (tertiary alicyclic amines) is 2. The normalized spacial score (nSPS) is 37.6. The highest BCUT2D eigenvalue weighted by atomic mass is 32.2. The molecule has 4 aliphatic heterocycles. The van der Waals surface area contributed by atoms with E-state index in [4.69, 9.17) is 10.5 Å². The molecule has 1 spiro atoms. The number of thioether (sulfide) groups is 1. The van der Waals surface area contributed by atoms with Crippen LogP contribution in [0.4, 0.5) is 5.95 Å². The van der Waals surface area contributed by atoms with Crippen molar-refractivity contribution in [2.45, 2.75) is 37.1 Å². The molecule has 0 aromatic carbocycles. The first-order valence-electron chi connectivity index (χ1n) is 10.1. The lowest BCUT2D eigenvalue weighted by molar-refractivity contribution is -0.121. The van der Waals surface area contributed by atoms with Crippen LogP contribution in [0.15, 0.2) is 12.4 Å². The molecule has 0 amide bonds. The zero-order chi connectivity index (χ0) is 18.4. The fourth-order valence-electron chi connectivity index (χ4n) is 5.72. The Balaban J connectivity index is 1.34. The lowest BCUT2D eigenvalue weighted by Gasteiger charge is -2.41. The average molecular weight is 392 g/mol. The Labute approximate surface area is 164 Å². The summed E-state index contributed by atoms with van der Waals surface area (Å²) < 4.78 is 6.62. The number of morpholine rings is 1. The van der Waals surface area contributed by atoms with E-state index in [1.54, 1.807) is 0 Å². The summed E-state index contributed by atoms with van der Waals surface area (Å²) in [5, 5.41) is 10.1. The van der Waals surface area contributed by atoms with Crippen LogP contribution < -0.4 is 5.73 Å². The van der Waals surface area contributed by atoms with Gasteiger partial charge in [0.15, 0.2) is 0 Å². The van der Waals surface area contributed by atoms with Crippen LogP contribution >= 0.6 is 11.8 Å². The molecular formula is C19H29N5O2S. The zero-order valence-electron chi connectivity index (χ0n) is 15.7. The monoisotopic (exact) mass is 391 g/mol. The number of rotatable bonds is 4. The van der Waals surface area contributed by atoms with Gasteiger partial charge in [-0.1, -0.05) is 0 Å². The Bertz CT molecular complexity index is 671. The van der Waals surface area contributed by atoms with Gasteiger partial charge in [-0.2, -0.15) is 11.8 Å². The van der Waals surface area contributed by atoms with E-state index in [9.17, 15) is 5.11 Å². The molecule has 1 aromatic rings. The van der Waals surface area contributed by atoms with Crippen LogP contribution in [0.25, 0.3) is 0 Å². The van der Waals surface area contributed by atoms with Crippen molar-refractivity contribution in [1.82, 2.24) is 19.8 Å². The summed E-state index contributed by atoms with van der Waals surface area (Å²) in [6, 6.07) is 0.688. The van der Waals surface area contributed by atoms with Gasteiger partial charge in [0.2, 0.25) is 5.95 Å². The minimum Gasteiger partial charge on any atom is -0.396 e. The van der Waals surface area contributed by atoms with Crippen LogP contribution in [-0.4, -0.2) is 86.9 Å². The fraction of sp³-hybridized carbons (Fsp3) is 0.789. The minimum atomic E-state index is -0.129. The number of anilines is 1. The van der Waals surface area contributed by atoms with E-state index in [-0.39, 0.29) is 24.2 Å². The highest BCUT2D eigenvalue weighted by molar-refractivity contribution is 7.99. The van der Waals surface area contributed by atoms with Gasteiger partial charge in [-0.25, -0.2) is 9.97 Å². The predicted molar refractivity (Wildman–Crippen MR) is 105 cm³/mol. The van der Waals surface area contributed by atoms with Crippen LogP contribution in [0, 0.1) is 11.8 Å². The molecule has 27 heavy (non-hydrogen) atoms. The van der Waals surface area contributed by atoms with E-state index in [0.29, 0.717) is 17.9 Å². The van der Waals surface area contributed by atoms with Crippen molar-refractivity contribution in [2.24, 2.45) is 11.8 Å². The molecule has 5 heterocycles. The van der Waals surface area contributed by atoms with Gasteiger partial charge < -0.3 is 15.6 Å². The highest BCUT2D eigenvalue weighted by Crippen LogP contribution is 2.50. The van der Waals surface area contributed by atoms with Gasteiger partial charge in [0.05, 0.1) is 11.7 Å². The summed E-state index contributed by atoms with van der Waals surface area (Å²) in [6.45, 7) is 4.92. The quantitative estimate of drug-likeness (QED) is 0.765. The van der Waals surface area contributed by atoms with Crippen molar-refractivity contribution >= 4 is 17.7 Å². The number of hydrogen-bond acceptors (Lipinski definition) is 8. The van der Waals surface area contributed by atoms with E-state index in [1.807, 2.05) is 12.4 Å². The van der Waals surface area contributed by atoms with Crippen LogP contribution in [0.2, 0.25) is 0 Å². The number of aliphatic hydroxyl groups excluding tert-OH is 1. The largest absolute Gasteiger partial charge is 0.396 e. The minimum absolute atomic E-state index is 0.129. The summed E-state index contributed by atoms with van der Waals surface area (Å²) in [5.74, 6) is 3.55. The lowest BCUT2D eigenvalue weighted by atomic mass is 9.83. The summed E-state index contributed by atoms with van der Waals surface area (Å²) in [6.07, 6.45) is 6.34. The molecule has 0 aliphatic carbocycles. The molecule has 1 aromatic heterocycles. The topological polar surface area (TPSA) is 87.7 Å². The second kappa shape index (κ2) is 7.15. The zero-order valence-corrected chi connectivity index (χ0v) is 16.5. The standard InChI is InChI=1S/C19H29N5O2S/c20-18-21-5-13(6-22-18)7-23-9-17-15(10-25)16-8-24(12-19(16,11-23)26-17)14-1-3-27-4-2-14/h5-6,14-17,25H,1-4,7-12H2,(H2,20,21,22)/t15-,16+,17+,19+/m0/s1. The molecular weight excluding hydrogens is 362 g/mol. The Hall–Kier alpha value is -0.930. The van der Waals surface area contributed by atoms with Gasteiger partial charge in [-0.3, -0.25) is 9.80 Å². The summed E-state index contributed by atoms with van der Waals surface area (Å²) in [5.41, 5.74) is 6.57. The molecule has 4 saturated heterocycles. The number of fused-ring (bicyclic) bond motifs is 1. The van der Waals surface area contributed by atoms with Crippen LogP contribution in [0.3, 0.4) is 0 Å². The molecule has 2 bridgehead atoms. The van der Waals surface area contributed by atoms with E-state index in [0.717, 1.165) is 38.3 Å². The van der Waals surface area contributed by atoms with Gasteiger partial charge in [0, 0.05) is 75.2 Å². The Morgan fingerprint density at radius 2 is 2.00 bits per heavy atom. The smallest absolute Gasteiger partial charge is 0.219 e. The number of nitrogens with zero attached hydrogens (tertiary/aromatic N) is 4. The molecule has 8 heteroatoms. The van der Waals surface area contributed by atoms with E-state index in [1.165, 1.54) is 24.3 Å². The molecule has 7 nitrogen and oxygen atoms in total. The summed E-state index contributed by atoms with van der Waals surface area (Å²) in [4.78, 5) is 13.4. The van der Waals surface area contributed by atoms with E-state index < -0.39 is 0 Å². The number of nitrogens with two attached hydrogens (primary N) is 1. The van der Waals surface area contributed by atoms with Crippen molar-refractivity contribution in [1.29, 1.82) is 0 Å². The number of nitrogen functional groups attached to an aromatic ring is 1. The van der Waals surface area contributed by atoms with Crippen molar-refractivity contribution in [3.63, 3.8) is 0 Å². The second-order valence-corrected chi connectivity index (χ2v) is 9.79. The number of aliphatic hydroxyl groups is 1. The summed E-state index contributed by atoms with van der Waals surface area (Å²) in [7, 11) is 0. The molecule has 4 fully saturated rings. The third-order valence-corrected chi connectivity index (χ3v) is 7.99. The Morgan fingerprint density at radius 1 is 1.22 bits per heavy atom. The molecule has 4 atom stereocenters. The third kappa shape index (κ3) is 3.25. The number of aromatic nitrogens is 2. The Kier molecular flexibility index (Phi) is 4.80. The van der Waals surface area contributed by atoms with Crippen molar-refractivity contribution < 1.29 is 9.84 Å². The molecule has 5 rings (SSSR count). The molecule has 0 radical (unpaired) electrons. The van der Waals surface area contributed by atoms with Crippen molar-refractivity contribution in [3.8, 4) is 0 Å². The molecule has 4 aliphatic rings. The highest BCUT2D eigenvalue weighted by Gasteiger charge is 2.62. The van der Waals surface area contributed by atoms with E-state index >= 15 is 0 Å². The van der Waals surface area contributed by atoms with Gasteiger partial charge in [0.25, 0.3) is 0 Å². The molecule has 148 valence electrons. The summed E-state index contributed by atoms with van der Waals surface area (Å²) >= 11 is 2.08. The first kappa shape index (κ1) is 18.1. The van der Waals surface area contributed by atoms with Crippen LogP contribution in [0.1, 0.15) is 18.4 Å². The average Bonchev–Trinajstić information content (AvgIpc) is 3.12. The maximum Gasteiger partial charge on any atom is 0.219 e. The number of hydrogen-bond donors (Lipinski definition) is 2. The van der Waals surface area contributed by atoms with Crippen molar-refractivity contribution in [3.05, 3.63) is 18.0 Å². The van der Waals surface area contributed by atoms with Crippen LogP contribution in [0.5, 0.6) is 0 Å². The first-order valence-corrected chi connectivity index (χ1v) is 11.2. The molecule has 3 N–H and O–H groups in total. The maximum atomic E-state index is 10.1. The fourth-order valence-corrected chi connectivity index (χ4v) is 6.80. The first-order chi connectivity index (χ1) is 13.2. The second-order valence-electron chi connectivity index (χ2n) is 8.57. The van der Waals surface area contributed by atoms with Gasteiger partial charge in [-0.05, 0) is 24.3 Å².